The van der Waals surface area contributed by atoms with Gasteiger partial charge in [-0.1, -0.05) is 132 Å². The van der Waals surface area contributed by atoms with Crippen LogP contribution in [0.4, 0.5) is 0 Å². The van der Waals surface area contributed by atoms with Gasteiger partial charge in [0, 0.05) is 0 Å². The zero-order chi connectivity index (χ0) is 17.6. The van der Waals surface area contributed by atoms with E-state index >= 15 is 0 Å². The van der Waals surface area contributed by atoms with Crippen LogP contribution in [-0.2, 0) is 0 Å². The second kappa shape index (κ2) is 21.4. The molecule has 0 aromatic heterocycles. The van der Waals surface area contributed by atoms with E-state index in [-0.39, 0.29) is 35.6 Å². The summed E-state index contributed by atoms with van der Waals surface area (Å²) in [7, 11) is -3.25. The van der Waals surface area contributed by atoms with E-state index in [9.17, 15) is 0 Å². The van der Waals surface area contributed by atoms with Gasteiger partial charge in [-0.3, -0.25) is 0 Å². The predicted molar refractivity (Wildman–Crippen MR) is 123 cm³/mol. The molecule has 0 radical (unpaired) electrons. The fourth-order valence-corrected chi connectivity index (χ4v) is 16.1. The van der Waals surface area contributed by atoms with Gasteiger partial charge in [-0.2, -0.15) is 0 Å². The molecule has 0 rings (SSSR count). The van der Waals surface area contributed by atoms with Crippen LogP contribution in [0.3, 0.4) is 0 Å². The summed E-state index contributed by atoms with van der Waals surface area (Å²) < 4.78 is 13.7. The summed E-state index contributed by atoms with van der Waals surface area (Å²) in [4.78, 5) is 0. The Morgan fingerprint density at radius 3 is 0.409 bits per heavy atom. The maximum absolute atomic E-state index is 4.56. The summed E-state index contributed by atoms with van der Waals surface area (Å²) in [5.74, 6) is 0. The summed E-state index contributed by atoms with van der Waals surface area (Å²) in [6.07, 6.45) is 0. The third-order valence-corrected chi connectivity index (χ3v) is 16.1. The largest absolute Gasteiger partial charge is 3.00 e. The Morgan fingerprint density at radius 2 is 0.409 bits per heavy atom. The Hall–Kier alpha value is 2.38. The van der Waals surface area contributed by atoms with Gasteiger partial charge in [0.05, 0.1) is 0 Å². The maximum Gasteiger partial charge on any atom is 3.00 e. The third kappa shape index (κ3) is 49.5. The monoisotopic (exact) mass is 535 g/mol. The molecule has 0 fully saturated rings. The van der Waals surface area contributed by atoms with Crippen LogP contribution < -0.4 is 0 Å². The van der Waals surface area contributed by atoms with Crippen molar-refractivity contribution < 1.29 is 35.6 Å². The molecule has 0 spiro atoms. The van der Waals surface area contributed by atoms with Crippen molar-refractivity contribution in [3.05, 3.63) is 13.9 Å². The first-order valence-corrected chi connectivity index (χ1v) is 25.4. The van der Waals surface area contributed by atoms with Crippen molar-refractivity contribution >= 4 is 53.7 Å². The SMILES string of the molecule is C[SiH](C)[N-][SiH](C)C.C[SiH](C)[N-][SiH](C)C.C[SiH](C)[N-][SiH](C)C.[La+3]. The van der Waals surface area contributed by atoms with Crippen molar-refractivity contribution in [1.29, 1.82) is 0 Å². The molecule has 22 heavy (non-hydrogen) atoms. The predicted octanol–water partition coefficient (Wildman–Crippen LogP) is 3.98. The van der Waals surface area contributed by atoms with E-state index in [1.165, 1.54) is 0 Å². The first-order valence-electron chi connectivity index (χ1n) is 8.48. The summed E-state index contributed by atoms with van der Waals surface area (Å²) in [6.45, 7) is 27.2. The number of hydrogen-bond donors (Lipinski definition) is 0. The van der Waals surface area contributed by atoms with E-state index in [1.54, 1.807) is 0 Å². The van der Waals surface area contributed by atoms with Crippen molar-refractivity contribution in [2.45, 2.75) is 78.6 Å². The molecule has 0 aromatic rings. The average molecular weight is 536 g/mol. The Labute approximate surface area is 180 Å². The van der Waals surface area contributed by atoms with E-state index in [2.05, 4.69) is 92.5 Å². The second-order valence-electron chi connectivity index (χ2n) is 7.01. The zero-order valence-electron chi connectivity index (χ0n) is 17.4. The molecule has 0 bridgehead atoms. The fraction of sp³-hybridized carbons (Fsp3) is 1.00. The van der Waals surface area contributed by atoms with Crippen LogP contribution in [0.1, 0.15) is 0 Å². The molecule has 0 unspecified atom stereocenters. The molecular weight excluding hydrogens is 494 g/mol. The number of hydrogen-bond acceptors (Lipinski definition) is 0. The van der Waals surface area contributed by atoms with Crippen LogP contribution in [0.2, 0.25) is 78.6 Å². The minimum Gasteiger partial charge on any atom is -0.672 e. The molecule has 0 aliphatic heterocycles. The van der Waals surface area contributed by atoms with Crippen LogP contribution in [-0.4, -0.2) is 53.7 Å². The van der Waals surface area contributed by atoms with Gasteiger partial charge in [0.15, 0.2) is 0 Å². The van der Waals surface area contributed by atoms with Gasteiger partial charge in [-0.05, 0) is 0 Å². The first-order chi connectivity index (χ1) is 9.38. The Kier molecular flexibility index (Phi) is 31.2. The normalized spacial score (nSPS) is 10.6. The molecule has 0 amide bonds. The summed E-state index contributed by atoms with van der Waals surface area (Å²) in [5.41, 5.74) is 0. The van der Waals surface area contributed by atoms with Crippen molar-refractivity contribution in [3.63, 3.8) is 0 Å². The van der Waals surface area contributed by atoms with Gasteiger partial charge in [0.25, 0.3) is 0 Å². The minimum absolute atomic E-state index is 0. The molecule has 0 aromatic carbocycles. The Bertz CT molecular complexity index is 156. The smallest absolute Gasteiger partial charge is 0.672 e. The topological polar surface area (TPSA) is 42.3 Å². The number of rotatable bonds is 6. The minimum atomic E-state index is -0.542. The van der Waals surface area contributed by atoms with Crippen molar-refractivity contribution in [2.24, 2.45) is 0 Å². The molecule has 0 heterocycles. The maximum atomic E-state index is 4.56. The standard InChI is InChI=1S/3C4H14NSi2.La/c3*1-6(2)5-7(3)4;/h3*6-7H,1-4H3;/q3*-1;+3. The molecule has 10 heteroatoms. The van der Waals surface area contributed by atoms with E-state index in [4.69, 9.17) is 0 Å². The van der Waals surface area contributed by atoms with Crippen molar-refractivity contribution in [2.75, 3.05) is 0 Å². The average Bonchev–Trinajstić information content (AvgIpc) is 2.10. The van der Waals surface area contributed by atoms with Crippen LogP contribution >= 0.6 is 0 Å². The van der Waals surface area contributed by atoms with Crippen LogP contribution in [0, 0.1) is 35.6 Å². The summed E-state index contributed by atoms with van der Waals surface area (Å²) >= 11 is 0. The van der Waals surface area contributed by atoms with Gasteiger partial charge in [-0.25, -0.2) is 0 Å². The molecule has 0 aliphatic carbocycles. The summed E-state index contributed by atoms with van der Waals surface area (Å²) in [5, 5.41) is 0. The third-order valence-electron chi connectivity index (χ3n) is 1.79. The Balaban J connectivity index is -0.000000108. The van der Waals surface area contributed by atoms with E-state index < -0.39 is 53.7 Å². The van der Waals surface area contributed by atoms with Gasteiger partial charge >= 0.3 is 35.6 Å². The molecule has 132 valence electrons. The van der Waals surface area contributed by atoms with Gasteiger partial charge < -0.3 is 13.9 Å². The molecule has 0 saturated carbocycles. The van der Waals surface area contributed by atoms with E-state index in [1.807, 2.05) is 0 Å². The quantitative estimate of drug-likeness (QED) is 0.462. The number of nitrogens with zero attached hydrogens (tertiary/aromatic N) is 3. The first kappa shape index (κ1) is 32.1. The summed E-state index contributed by atoms with van der Waals surface area (Å²) in [6, 6.07) is 0. The van der Waals surface area contributed by atoms with Crippen LogP contribution in [0.15, 0.2) is 0 Å². The molecule has 0 aliphatic rings. The molecule has 3 nitrogen and oxygen atoms in total. The van der Waals surface area contributed by atoms with E-state index in [0.717, 1.165) is 0 Å². The Morgan fingerprint density at radius 1 is 0.318 bits per heavy atom. The zero-order valence-corrected chi connectivity index (χ0v) is 27.9. The molecule has 0 saturated heterocycles. The molecule has 0 N–H and O–H groups in total. The van der Waals surface area contributed by atoms with Gasteiger partial charge in [-0.15, -0.1) is 0 Å². The fourth-order valence-electron chi connectivity index (χ4n) is 1.79. The second-order valence-corrected chi connectivity index (χ2v) is 23.7. The van der Waals surface area contributed by atoms with Crippen LogP contribution in [0.25, 0.3) is 13.9 Å². The molecular formula is C12H42LaN3Si6. The van der Waals surface area contributed by atoms with Gasteiger partial charge in [0.1, 0.15) is 0 Å². The van der Waals surface area contributed by atoms with Gasteiger partial charge in [0.2, 0.25) is 0 Å². The van der Waals surface area contributed by atoms with E-state index in [0.29, 0.717) is 0 Å². The van der Waals surface area contributed by atoms with Crippen molar-refractivity contribution in [1.82, 2.24) is 0 Å². The molecule has 0 atom stereocenters. The van der Waals surface area contributed by atoms with Crippen molar-refractivity contribution in [3.8, 4) is 0 Å². The van der Waals surface area contributed by atoms with Crippen LogP contribution in [0.5, 0.6) is 0 Å².